The minimum Gasteiger partial charge on any atom is -0.452 e. The summed E-state index contributed by atoms with van der Waals surface area (Å²) in [6.07, 6.45) is 16.8. The maximum atomic E-state index is 12.8. The third kappa shape index (κ3) is 2.97. The van der Waals surface area contributed by atoms with Crippen LogP contribution in [0.5, 0.6) is 0 Å². The summed E-state index contributed by atoms with van der Waals surface area (Å²) in [5.74, 6) is 3.90. The number of ether oxygens (including phenoxy) is 1. The Morgan fingerprint density at radius 3 is 2.84 bits per heavy atom. The molecular weight excluding hydrogens is 308 g/mol. The quantitative estimate of drug-likeness (QED) is 0.515. The molecule has 0 amide bonds. The molecule has 136 valence electrons. The molecule has 3 rings (SSSR count). The van der Waals surface area contributed by atoms with Crippen molar-refractivity contribution in [3.05, 3.63) is 23.3 Å². The Labute approximate surface area is 153 Å². The first kappa shape index (κ1) is 18.3. The summed E-state index contributed by atoms with van der Waals surface area (Å²) >= 11 is 0. The van der Waals surface area contributed by atoms with Gasteiger partial charge in [-0.1, -0.05) is 50.8 Å². The van der Waals surface area contributed by atoms with E-state index in [4.69, 9.17) is 11.2 Å². The summed E-state index contributed by atoms with van der Waals surface area (Å²) in [7, 11) is 0. The van der Waals surface area contributed by atoms with Crippen LogP contribution in [-0.4, -0.2) is 12.6 Å². The van der Waals surface area contributed by atoms with Crippen molar-refractivity contribution in [3.8, 4) is 12.3 Å². The van der Waals surface area contributed by atoms with E-state index in [2.05, 4.69) is 45.8 Å². The van der Waals surface area contributed by atoms with Crippen molar-refractivity contribution < 1.29 is 9.53 Å². The molecule has 0 heterocycles. The van der Waals surface area contributed by atoms with Gasteiger partial charge in [0.1, 0.15) is 0 Å². The van der Waals surface area contributed by atoms with E-state index in [1.807, 2.05) is 0 Å². The highest BCUT2D eigenvalue weighted by Gasteiger charge is 2.57. The molecule has 0 aromatic heterocycles. The lowest BCUT2D eigenvalue weighted by atomic mass is 9.47. The number of hydrogen-bond acceptors (Lipinski definition) is 2. The lowest BCUT2D eigenvalue weighted by Crippen LogP contribution is -2.53. The van der Waals surface area contributed by atoms with Gasteiger partial charge in [0, 0.05) is 0 Å². The van der Waals surface area contributed by atoms with E-state index in [-0.39, 0.29) is 18.0 Å². The predicted octanol–water partition coefficient (Wildman–Crippen LogP) is 5.30. The molecule has 1 fully saturated rings. The minimum atomic E-state index is -0.409. The zero-order valence-corrected chi connectivity index (χ0v) is 16.2. The number of allylic oxidation sites excluding steroid dienone is 4. The second-order valence-electron chi connectivity index (χ2n) is 9.01. The molecule has 2 nitrogen and oxygen atoms in total. The van der Waals surface area contributed by atoms with Crippen molar-refractivity contribution in [3.63, 3.8) is 0 Å². The van der Waals surface area contributed by atoms with Crippen LogP contribution in [0.1, 0.15) is 66.2 Å². The largest absolute Gasteiger partial charge is 0.452 e. The normalized spacial score (nSPS) is 37.3. The second-order valence-corrected chi connectivity index (χ2v) is 9.01. The fourth-order valence-electron chi connectivity index (χ4n) is 5.86. The average Bonchev–Trinajstić information content (AvgIpc) is 2.58. The van der Waals surface area contributed by atoms with Gasteiger partial charge in [0.25, 0.3) is 0 Å². The maximum Gasteiger partial charge on any atom is 0.313 e. The van der Waals surface area contributed by atoms with Crippen molar-refractivity contribution in [1.82, 2.24) is 0 Å². The van der Waals surface area contributed by atoms with Gasteiger partial charge in [0.2, 0.25) is 0 Å². The third-order valence-electron chi connectivity index (χ3n) is 7.33. The fraction of sp³-hybridized carbons (Fsp3) is 0.696. The van der Waals surface area contributed by atoms with Crippen LogP contribution in [-0.2, 0) is 9.53 Å². The molecule has 0 unspecified atom stereocenters. The molecular formula is C23H32O2. The molecule has 0 spiro atoms. The molecule has 3 aliphatic rings. The van der Waals surface area contributed by atoms with Crippen LogP contribution in [0, 0.1) is 40.9 Å². The van der Waals surface area contributed by atoms with Crippen molar-refractivity contribution >= 4 is 5.97 Å². The van der Waals surface area contributed by atoms with E-state index in [0.29, 0.717) is 17.8 Å². The van der Waals surface area contributed by atoms with E-state index in [1.165, 1.54) is 24.8 Å². The van der Waals surface area contributed by atoms with Crippen molar-refractivity contribution in [1.29, 1.82) is 0 Å². The first-order valence-electron chi connectivity index (χ1n) is 9.84. The highest BCUT2D eigenvalue weighted by Crippen LogP contribution is 2.62. The number of esters is 1. The number of rotatable bonds is 3. The van der Waals surface area contributed by atoms with Crippen molar-refractivity contribution in [2.24, 2.45) is 28.6 Å². The predicted molar refractivity (Wildman–Crippen MR) is 102 cm³/mol. The zero-order chi connectivity index (χ0) is 18.2. The molecule has 0 aromatic carbocycles. The first-order chi connectivity index (χ1) is 11.8. The lowest BCUT2D eigenvalue weighted by Gasteiger charge is -2.57. The average molecular weight is 341 g/mol. The number of hydrogen-bond donors (Lipinski definition) is 0. The molecule has 3 aliphatic carbocycles. The molecule has 25 heavy (non-hydrogen) atoms. The Kier molecular flexibility index (Phi) is 4.89. The summed E-state index contributed by atoms with van der Waals surface area (Å²) in [6.45, 7) is 9.21. The molecule has 0 saturated heterocycles. The Hall–Kier alpha value is -1.49. The van der Waals surface area contributed by atoms with Crippen LogP contribution in [0.4, 0.5) is 0 Å². The molecule has 2 heteroatoms. The van der Waals surface area contributed by atoms with Gasteiger partial charge in [0.05, 0.1) is 5.41 Å². The van der Waals surface area contributed by atoms with Crippen LogP contribution in [0.15, 0.2) is 23.3 Å². The standard InChI is InChI=1S/C23H32O2/c1-6-14-25-21(24)23(5)13-7-12-22(4)19-10-8-17(16(2)3)15-18(19)9-11-20(22)23/h1,9,15-16,19-20H,7-8,10-14H2,2-5H3/t19-,20+,22+,23+/m0/s1. The fourth-order valence-corrected chi connectivity index (χ4v) is 5.86. The SMILES string of the molecule is C#CCOC(=O)[C@]1(C)CCC[C@@]2(C)[C@H]1CC=C1C=C(C(C)C)CC[C@@H]12. The Balaban J connectivity index is 1.93. The van der Waals surface area contributed by atoms with Crippen LogP contribution < -0.4 is 0 Å². The third-order valence-corrected chi connectivity index (χ3v) is 7.33. The van der Waals surface area contributed by atoms with Gasteiger partial charge in [-0.15, -0.1) is 6.42 Å². The topological polar surface area (TPSA) is 26.3 Å². The number of fused-ring (bicyclic) bond motifs is 3. The van der Waals surface area contributed by atoms with Gasteiger partial charge in [-0.3, -0.25) is 4.79 Å². The summed E-state index contributed by atoms with van der Waals surface area (Å²) in [5, 5.41) is 0. The van der Waals surface area contributed by atoms with Crippen LogP contribution in [0.2, 0.25) is 0 Å². The molecule has 0 bridgehead atoms. The molecule has 0 N–H and O–H groups in total. The summed E-state index contributed by atoms with van der Waals surface area (Å²) in [6, 6.07) is 0. The summed E-state index contributed by atoms with van der Waals surface area (Å²) in [4.78, 5) is 12.8. The maximum absolute atomic E-state index is 12.8. The first-order valence-corrected chi connectivity index (χ1v) is 9.84. The van der Waals surface area contributed by atoms with E-state index in [0.717, 1.165) is 19.3 Å². The number of terminal acetylenes is 1. The number of carbonyl (C=O) groups excluding carboxylic acids is 1. The summed E-state index contributed by atoms with van der Waals surface area (Å²) in [5.41, 5.74) is 2.88. The van der Waals surface area contributed by atoms with Gasteiger partial charge < -0.3 is 4.74 Å². The summed E-state index contributed by atoms with van der Waals surface area (Å²) < 4.78 is 5.40. The molecule has 4 atom stereocenters. The van der Waals surface area contributed by atoms with Crippen LogP contribution in [0.25, 0.3) is 0 Å². The Morgan fingerprint density at radius 2 is 2.16 bits per heavy atom. The van der Waals surface area contributed by atoms with Gasteiger partial charge >= 0.3 is 5.97 Å². The van der Waals surface area contributed by atoms with E-state index >= 15 is 0 Å². The zero-order valence-electron chi connectivity index (χ0n) is 16.2. The lowest BCUT2D eigenvalue weighted by molar-refractivity contribution is -0.167. The van der Waals surface area contributed by atoms with E-state index in [1.54, 1.807) is 5.57 Å². The molecule has 0 radical (unpaired) electrons. The Bertz CT molecular complexity index is 647. The minimum absolute atomic E-state index is 0.0862. The van der Waals surface area contributed by atoms with Gasteiger partial charge in [-0.05, 0) is 67.8 Å². The number of carbonyl (C=O) groups is 1. The van der Waals surface area contributed by atoms with Gasteiger partial charge in [-0.2, -0.15) is 0 Å². The molecule has 0 aliphatic heterocycles. The Morgan fingerprint density at radius 1 is 1.40 bits per heavy atom. The van der Waals surface area contributed by atoms with Crippen LogP contribution in [0.3, 0.4) is 0 Å². The van der Waals surface area contributed by atoms with Crippen molar-refractivity contribution in [2.45, 2.75) is 66.2 Å². The monoisotopic (exact) mass is 340 g/mol. The van der Waals surface area contributed by atoms with Crippen LogP contribution >= 0.6 is 0 Å². The highest BCUT2D eigenvalue weighted by atomic mass is 16.5. The second kappa shape index (κ2) is 6.67. The molecule has 0 aromatic rings. The van der Waals surface area contributed by atoms with E-state index < -0.39 is 5.41 Å². The smallest absolute Gasteiger partial charge is 0.313 e. The van der Waals surface area contributed by atoms with Crippen molar-refractivity contribution in [2.75, 3.05) is 6.61 Å². The highest BCUT2D eigenvalue weighted by molar-refractivity contribution is 5.77. The van der Waals surface area contributed by atoms with Gasteiger partial charge in [-0.25, -0.2) is 0 Å². The van der Waals surface area contributed by atoms with E-state index in [9.17, 15) is 4.79 Å². The van der Waals surface area contributed by atoms with Gasteiger partial charge in [0.15, 0.2) is 6.61 Å². The molecule has 1 saturated carbocycles.